The first-order chi connectivity index (χ1) is 15.6. The first-order valence-corrected chi connectivity index (χ1v) is 12.5. The molecule has 32 heavy (non-hydrogen) atoms. The topological polar surface area (TPSA) is 79.6 Å². The van der Waals surface area contributed by atoms with Gasteiger partial charge in [-0.05, 0) is 55.8 Å². The third-order valence-electron chi connectivity index (χ3n) is 5.85. The number of rotatable bonds is 7. The Hall–Kier alpha value is -2.90. The highest BCUT2D eigenvalue weighted by molar-refractivity contribution is 7.91. The molecule has 1 unspecified atom stereocenters. The predicted octanol–water partition coefficient (Wildman–Crippen LogP) is 4.46. The van der Waals surface area contributed by atoms with Crippen molar-refractivity contribution in [2.24, 2.45) is 0 Å². The predicted molar refractivity (Wildman–Crippen MR) is 122 cm³/mol. The van der Waals surface area contributed by atoms with Crippen LogP contribution in [0.1, 0.15) is 47.8 Å². The maximum absolute atomic E-state index is 12.8. The van der Waals surface area contributed by atoms with E-state index in [1.165, 1.54) is 37.1 Å². The molecule has 1 saturated heterocycles. The second-order valence-electron chi connectivity index (χ2n) is 8.02. The highest BCUT2D eigenvalue weighted by atomic mass is 32.2. The largest absolute Gasteiger partial charge is 0.439 e. The fourth-order valence-electron chi connectivity index (χ4n) is 4.12. The summed E-state index contributed by atoms with van der Waals surface area (Å²) in [5.74, 6) is -0.433. The summed E-state index contributed by atoms with van der Waals surface area (Å²) < 4.78 is 30.9. The first-order valence-electron chi connectivity index (χ1n) is 11.0. The third kappa shape index (κ3) is 5.11. The van der Waals surface area contributed by atoms with Crippen LogP contribution in [0.25, 0.3) is 0 Å². The molecule has 6 nitrogen and oxygen atoms in total. The van der Waals surface area contributed by atoms with Crippen molar-refractivity contribution in [3.63, 3.8) is 0 Å². The van der Waals surface area contributed by atoms with Crippen LogP contribution in [0, 0.1) is 0 Å². The monoisotopic (exact) mass is 452 g/mol. The Bertz CT molecular complexity index is 1120. The van der Waals surface area contributed by atoms with E-state index in [1.54, 1.807) is 18.2 Å². The molecule has 0 saturated carbocycles. The molecular formula is C25H28N2O4S. The standard InChI is InChI=1S/C25H28N2O4S/c28-25(23-15-16-24(31-23)32(29,30)21-13-7-4-8-14-21)26-19-22(20-11-5-3-6-12-20)27-17-9-1-2-10-18-27/h3-8,11-16,22H,1-2,9-10,17-19H2,(H,26,28). The van der Waals surface area contributed by atoms with Crippen molar-refractivity contribution in [3.05, 3.63) is 84.1 Å². The van der Waals surface area contributed by atoms with Gasteiger partial charge in [0.05, 0.1) is 10.9 Å². The van der Waals surface area contributed by atoms with Crippen molar-refractivity contribution < 1.29 is 17.6 Å². The van der Waals surface area contributed by atoms with Crippen molar-refractivity contribution in [2.75, 3.05) is 19.6 Å². The lowest BCUT2D eigenvalue weighted by Gasteiger charge is -2.31. The zero-order valence-corrected chi connectivity index (χ0v) is 18.8. The lowest BCUT2D eigenvalue weighted by Crippen LogP contribution is -2.38. The Balaban J connectivity index is 1.48. The number of nitrogens with one attached hydrogen (secondary N) is 1. The van der Waals surface area contributed by atoms with Gasteiger partial charge in [0.15, 0.2) is 5.76 Å². The van der Waals surface area contributed by atoms with Crippen LogP contribution >= 0.6 is 0 Å². The van der Waals surface area contributed by atoms with Crippen molar-refractivity contribution in [1.82, 2.24) is 10.2 Å². The molecule has 1 aliphatic rings. The van der Waals surface area contributed by atoms with E-state index in [-0.39, 0.29) is 21.8 Å². The smallest absolute Gasteiger partial charge is 0.287 e. The molecule has 1 atom stereocenters. The Morgan fingerprint density at radius 1 is 0.875 bits per heavy atom. The molecule has 0 bridgehead atoms. The number of carbonyl (C=O) groups excluding carboxylic acids is 1. The lowest BCUT2D eigenvalue weighted by atomic mass is 10.0. The maximum Gasteiger partial charge on any atom is 0.287 e. The highest BCUT2D eigenvalue weighted by Crippen LogP contribution is 2.25. The zero-order valence-electron chi connectivity index (χ0n) is 17.9. The number of hydrogen-bond donors (Lipinski definition) is 1. The van der Waals surface area contributed by atoms with E-state index in [9.17, 15) is 13.2 Å². The summed E-state index contributed by atoms with van der Waals surface area (Å²) in [6, 6.07) is 21.0. The molecule has 2 heterocycles. The van der Waals surface area contributed by atoms with Gasteiger partial charge in [0.2, 0.25) is 14.9 Å². The van der Waals surface area contributed by atoms with E-state index in [0.29, 0.717) is 6.54 Å². The van der Waals surface area contributed by atoms with Crippen molar-refractivity contribution >= 4 is 15.7 Å². The van der Waals surface area contributed by atoms with E-state index in [0.717, 1.165) is 31.5 Å². The second-order valence-corrected chi connectivity index (χ2v) is 9.90. The molecule has 0 radical (unpaired) electrons. The number of amides is 1. The number of carbonyl (C=O) groups is 1. The average Bonchev–Trinajstić information content (AvgIpc) is 3.19. The van der Waals surface area contributed by atoms with Gasteiger partial charge >= 0.3 is 0 Å². The van der Waals surface area contributed by atoms with E-state index in [1.807, 2.05) is 18.2 Å². The average molecular weight is 453 g/mol. The van der Waals surface area contributed by atoms with Crippen LogP contribution in [0.4, 0.5) is 0 Å². The highest BCUT2D eigenvalue weighted by Gasteiger charge is 2.25. The van der Waals surface area contributed by atoms with Gasteiger partial charge in [-0.1, -0.05) is 61.4 Å². The molecule has 0 spiro atoms. The summed E-state index contributed by atoms with van der Waals surface area (Å²) in [7, 11) is -3.80. The molecule has 1 aliphatic heterocycles. The fourth-order valence-corrected chi connectivity index (χ4v) is 5.31. The number of benzene rings is 2. The molecule has 4 rings (SSSR count). The number of hydrogen-bond acceptors (Lipinski definition) is 5. The number of furan rings is 1. The van der Waals surface area contributed by atoms with Gasteiger partial charge < -0.3 is 9.73 Å². The number of nitrogens with zero attached hydrogens (tertiary/aromatic N) is 1. The van der Waals surface area contributed by atoms with Crippen LogP contribution in [-0.4, -0.2) is 38.9 Å². The summed E-state index contributed by atoms with van der Waals surface area (Å²) >= 11 is 0. The van der Waals surface area contributed by atoms with E-state index >= 15 is 0 Å². The van der Waals surface area contributed by atoms with Gasteiger partial charge in [0.25, 0.3) is 5.91 Å². The molecule has 0 aliphatic carbocycles. The summed E-state index contributed by atoms with van der Waals surface area (Å²) in [5.41, 5.74) is 1.15. The first kappa shape index (κ1) is 22.3. The minimum absolute atomic E-state index is 0.0119. The zero-order chi connectivity index (χ0) is 22.4. The van der Waals surface area contributed by atoms with Crippen LogP contribution in [0.15, 0.2) is 87.2 Å². The van der Waals surface area contributed by atoms with Crippen LogP contribution in [0.3, 0.4) is 0 Å². The Kier molecular flexibility index (Phi) is 7.07. The molecule has 1 N–H and O–H groups in total. The Morgan fingerprint density at radius 3 is 2.16 bits per heavy atom. The molecular weight excluding hydrogens is 424 g/mol. The number of likely N-dealkylation sites (tertiary alicyclic amines) is 1. The van der Waals surface area contributed by atoms with Crippen LogP contribution in [-0.2, 0) is 9.84 Å². The van der Waals surface area contributed by atoms with Gasteiger partial charge in [0.1, 0.15) is 0 Å². The van der Waals surface area contributed by atoms with E-state index in [4.69, 9.17) is 4.42 Å². The molecule has 2 aromatic carbocycles. The summed E-state index contributed by atoms with van der Waals surface area (Å²) in [4.78, 5) is 15.3. The summed E-state index contributed by atoms with van der Waals surface area (Å²) in [5, 5.41) is 2.72. The summed E-state index contributed by atoms with van der Waals surface area (Å²) in [6.45, 7) is 2.41. The SMILES string of the molecule is O=C(NCC(c1ccccc1)N1CCCCCC1)c1ccc(S(=O)(=O)c2ccccc2)o1. The summed E-state index contributed by atoms with van der Waals surface area (Å²) in [6.07, 6.45) is 4.76. The van der Waals surface area contributed by atoms with Crippen molar-refractivity contribution in [2.45, 2.75) is 41.7 Å². The molecule has 7 heteroatoms. The molecule has 1 amide bonds. The Morgan fingerprint density at radius 2 is 1.50 bits per heavy atom. The van der Waals surface area contributed by atoms with Gasteiger partial charge in [-0.15, -0.1) is 0 Å². The Labute approximate surface area is 189 Å². The molecule has 3 aromatic rings. The second kappa shape index (κ2) is 10.1. The minimum atomic E-state index is -3.80. The van der Waals surface area contributed by atoms with Gasteiger partial charge in [0, 0.05) is 6.54 Å². The van der Waals surface area contributed by atoms with E-state index < -0.39 is 15.7 Å². The van der Waals surface area contributed by atoms with Crippen LogP contribution in [0.5, 0.6) is 0 Å². The van der Waals surface area contributed by atoms with Gasteiger partial charge in [-0.3, -0.25) is 9.69 Å². The van der Waals surface area contributed by atoms with Crippen LogP contribution < -0.4 is 5.32 Å². The van der Waals surface area contributed by atoms with Crippen molar-refractivity contribution in [3.8, 4) is 0 Å². The van der Waals surface area contributed by atoms with Gasteiger partial charge in [-0.2, -0.15) is 0 Å². The van der Waals surface area contributed by atoms with Crippen LogP contribution in [0.2, 0.25) is 0 Å². The molecule has 1 aromatic heterocycles. The fraction of sp³-hybridized carbons (Fsp3) is 0.320. The molecule has 168 valence electrons. The molecule has 1 fully saturated rings. The quantitative estimate of drug-likeness (QED) is 0.573. The van der Waals surface area contributed by atoms with E-state index in [2.05, 4.69) is 22.3 Å². The maximum atomic E-state index is 12.8. The van der Waals surface area contributed by atoms with Crippen molar-refractivity contribution in [1.29, 1.82) is 0 Å². The minimum Gasteiger partial charge on any atom is -0.439 e. The van der Waals surface area contributed by atoms with Gasteiger partial charge in [-0.25, -0.2) is 8.42 Å². The third-order valence-corrected chi connectivity index (χ3v) is 7.49. The lowest BCUT2D eigenvalue weighted by molar-refractivity contribution is 0.0900. The number of sulfone groups is 1. The normalized spacial score (nSPS) is 16.2.